The maximum absolute atomic E-state index is 5.89. The van der Waals surface area contributed by atoms with Gasteiger partial charge >= 0.3 is 6.01 Å². The molecule has 0 N–H and O–H groups in total. The average Bonchev–Trinajstić information content (AvgIpc) is 2.56. The molecule has 0 atom stereocenters. The number of halogens is 1. The third kappa shape index (κ3) is 3.29. The highest BCUT2D eigenvalue weighted by Gasteiger charge is 2.05. The molecule has 1 aromatic carbocycles. The smallest absolute Gasteiger partial charge is 0.321 e. The summed E-state index contributed by atoms with van der Waals surface area (Å²) in [5, 5.41) is 8.52. The van der Waals surface area contributed by atoms with Crippen LogP contribution in [-0.2, 0) is 0 Å². The number of hydrogen-bond donors (Lipinski definition) is 0. The molecule has 0 aliphatic rings. The maximum Gasteiger partial charge on any atom is 0.321 e. The van der Waals surface area contributed by atoms with E-state index in [2.05, 4.69) is 20.2 Å². The largest absolute Gasteiger partial charge is 0.480 e. The number of ether oxygens (including phenoxy) is 2. The molecule has 110 valence electrons. The zero-order valence-corrected chi connectivity index (χ0v) is 12.4. The summed E-state index contributed by atoms with van der Waals surface area (Å²) in [6.45, 7) is 0. The second-order valence-electron chi connectivity index (χ2n) is 4.27. The molecule has 0 spiro atoms. The Morgan fingerprint density at radius 3 is 2.45 bits per heavy atom. The van der Waals surface area contributed by atoms with Gasteiger partial charge in [0.1, 0.15) is 5.75 Å². The molecule has 0 aliphatic carbocycles. The highest BCUT2D eigenvalue weighted by molar-refractivity contribution is 6.30. The van der Waals surface area contributed by atoms with E-state index in [-0.39, 0.29) is 6.01 Å². The fourth-order valence-corrected chi connectivity index (χ4v) is 1.90. The summed E-state index contributed by atoms with van der Waals surface area (Å²) >= 11 is 5.89. The van der Waals surface area contributed by atoms with E-state index in [4.69, 9.17) is 21.1 Å². The lowest BCUT2D eigenvalue weighted by Gasteiger charge is -2.05. The van der Waals surface area contributed by atoms with E-state index in [1.54, 1.807) is 48.8 Å². The summed E-state index contributed by atoms with van der Waals surface area (Å²) in [6, 6.07) is 10.7. The molecular weight excluding hydrogens is 304 g/mol. The van der Waals surface area contributed by atoms with Crippen molar-refractivity contribution in [2.24, 2.45) is 0 Å². The lowest BCUT2D eigenvalue weighted by atomic mass is 10.2. The van der Waals surface area contributed by atoms with Crippen LogP contribution in [-0.4, -0.2) is 27.3 Å². The van der Waals surface area contributed by atoms with E-state index in [1.165, 1.54) is 7.11 Å². The minimum atomic E-state index is 0.229. The van der Waals surface area contributed by atoms with Crippen molar-refractivity contribution in [2.75, 3.05) is 7.11 Å². The Morgan fingerprint density at radius 2 is 1.82 bits per heavy atom. The maximum atomic E-state index is 5.89. The van der Waals surface area contributed by atoms with Crippen LogP contribution in [0.25, 0.3) is 11.3 Å². The molecule has 0 radical (unpaired) electrons. The number of methoxy groups -OCH3 is 1. The first-order chi connectivity index (χ1) is 10.7. The quantitative estimate of drug-likeness (QED) is 0.735. The van der Waals surface area contributed by atoms with Gasteiger partial charge in [-0.2, -0.15) is 0 Å². The molecule has 0 unspecified atom stereocenters. The fourth-order valence-electron chi connectivity index (χ4n) is 1.72. The standard InChI is InChI=1S/C15H11ClN4O2/c1-21-14-6-5-13(19-20-14)10-8-17-15(18-9-10)22-12-4-2-3-11(16)7-12/h2-9H,1H3. The van der Waals surface area contributed by atoms with E-state index in [0.29, 0.717) is 22.3 Å². The van der Waals surface area contributed by atoms with Gasteiger partial charge in [0.25, 0.3) is 0 Å². The van der Waals surface area contributed by atoms with Crippen molar-refractivity contribution in [1.29, 1.82) is 0 Å². The minimum Gasteiger partial charge on any atom is -0.480 e. The average molecular weight is 315 g/mol. The van der Waals surface area contributed by atoms with Gasteiger partial charge in [-0.1, -0.05) is 17.7 Å². The van der Waals surface area contributed by atoms with Gasteiger partial charge in [-0.25, -0.2) is 9.97 Å². The lowest BCUT2D eigenvalue weighted by Crippen LogP contribution is -1.95. The predicted molar refractivity (Wildman–Crippen MR) is 81.1 cm³/mol. The second-order valence-corrected chi connectivity index (χ2v) is 4.71. The summed E-state index contributed by atoms with van der Waals surface area (Å²) in [5.41, 5.74) is 1.38. The summed E-state index contributed by atoms with van der Waals surface area (Å²) < 4.78 is 10.5. The van der Waals surface area contributed by atoms with Crippen molar-refractivity contribution in [1.82, 2.24) is 20.2 Å². The Morgan fingerprint density at radius 1 is 1.00 bits per heavy atom. The van der Waals surface area contributed by atoms with Gasteiger partial charge in [-0.15, -0.1) is 10.2 Å². The normalized spacial score (nSPS) is 10.3. The predicted octanol–water partition coefficient (Wildman–Crippen LogP) is 3.39. The first-order valence-corrected chi connectivity index (χ1v) is 6.76. The van der Waals surface area contributed by atoms with Crippen LogP contribution in [0.4, 0.5) is 0 Å². The molecule has 6 nitrogen and oxygen atoms in total. The Balaban J connectivity index is 1.77. The molecule has 0 saturated heterocycles. The van der Waals surface area contributed by atoms with E-state index in [0.717, 1.165) is 5.56 Å². The van der Waals surface area contributed by atoms with Crippen molar-refractivity contribution < 1.29 is 9.47 Å². The van der Waals surface area contributed by atoms with Crippen LogP contribution in [0.5, 0.6) is 17.6 Å². The Bertz CT molecular complexity index is 763. The molecule has 2 aromatic heterocycles. The van der Waals surface area contributed by atoms with E-state index in [1.807, 2.05) is 0 Å². The lowest BCUT2D eigenvalue weighted by molar-refractivity contribution is 0.392. The Labute approximate surface area is 131 Å². The molecule has 7 heteroatoms. The van der Waals surface area contributed by atoms with Crippen LogP contribution in [0.3, 0.4) is 0 Å². The van der Waals surface area contributed by atoms with Gasteiger partial charge in [0.2, 0.25) is 5.88 Å². The van der Waals surface area contributed by atoms with Gasteiger partial charge < -0.3 is 9.47 Å². The Hall–Kier alpha value is -2.73. The van der Waals surface area contributed by atoms with Crippen molar-refractivity contribution in [3.05, 3.63) is 53.8 Å². The van der Waals surface area contributed by atoms with E-state index >= 15 is 0 Å². The molecule has 0 fully saturated rings. The van der Waals surface area contributed by atoms with Crippen LogP contribution < -0.4 is 9.47 Å². The molecule has 2 heterocycles. The highest BCUT2D eigenvalue weighted by atomic mass is 35.5. The summed E-state index contributed by atoms with van der Waals surface area (Å²) in [4.78, 5) is 8.29. The van der Waals surface area contributed by atoms with Gasteiger partial charge in [-0.05, 0) is 24.3 Å². The Kier molecular flexibility index (Phi) is 4.11. The zero-order valence-electron chi connectivity index (χ0n) is 11.6. The SMILES string of the molecule is COc1ccc(-c2cnc(Oc3cccc(Cl)c3)nc2)nn1. The third-order valence-corrected chi connectivity index (χ3v) is 3.01. The van der Waals surface area contributed by atoms with Crippen molar-refractivity contribution in [3.8, 4) is 28.9 Å². The number of aromatic nitrogens is 4. The van der Waals surface area contributed by atoms with E-state index in [9.17, 15) is 0 Å². The van der Waals surface area contributed by atoms with Gasteiger partial charge in [0, 0.05) is 29.0 Å². The minimum absolute atomic E-state index is 0.229. The second kappa shape index (κ2) is 6.36. The van der Waals surface area contributed by atoms with Crippen molar-refractivity contribution in [3.63, 3.8) is 0 Å². The van der Waals surface area contributed by atoms with Crippen LogP contribution in [0.2, 0.25) is 5.02 Å². The summed E-state index contributed by atoms with van der Waals surface area (Å²) in [7, 11) is 1.54. The van der Waals surface area contributed by atoms with Gasteiger partial charge in [0.05, 0.1) is 12.8 Å². The molecule has 3 rings (SSSR count). The molecular formula is C15H11ClN4O2. The first-order valence-electron chi connectivity index (χ1n) is 6.38. The first kappa shape index (κ1) is 14.2. The molecule has 0 amide bonds. The molecule has 0 aliphatic heterocycles. The molecule has 0 bridgehead atoms. The molecule has 22 heavy (non-hydrogen) atoms. The van der Waals surface area contributed by atoms with Crippen LogP contribution in [0.1, 0.15) is 0 Å². The number of nitrogens with zero attached hydrogens (tertiary/aromatic N) is 4. The number of hydrogen-bond acceptors (Lipinski definition) is 6. The van der Waals surface area contributed by atoms with Crippen LogP contribution in [0, 0.1) is 0 Å². The molecule has 0 saturated carbocycles. The van der Waals surface area contributed by atoms with Crippen LogP contribution >= 0.6 is 11.6 Å². The van der Waals surface area contributed by atoms with Gasteiger partial charge in [-0.3, -0.25) is 0 Å². The fraction of sp³-hybridized carbons (Fsp3) is 0.0667. The number of rotatable bonds is 4. The van der Waals surface area contributed by atoms with Crippen LogP contribution in [0.15, 0.2) is 48.8 Å². The topological polar surface area (TPSA) is 70.0 Å². The van der Waals surface area contributed by atoms with Crippen molar-refractivity contribution >= 4 is 11.6 Å². The highest BCUT2D eigenvalue weighted by Crippen LogP contribution is 2.22. The number of benzene rings is 1. The molecule has 3 aromatic rings. The summed E-state index contributed by atoms with van der Waals surface area (Å²) in [5.74, 6) is 1.02. The van der Waals surface area contributed by atoms with Crippen molar-refractivity contribution in [2.45, 2.75) is 0 Å². The zero-order chi connectivity index (χ0) is 15.4. The van der Waals surface area contributed by atoms with Gasteiger partial charge in [0.15, 0.2) is 0 Å². The third-order valence-electron chi connectivity index (χ3n) is 2.78. The summed E-state index contributed by atoms with van der Waals surface area (Å²) in [6.07, 6.45) is 3.23. The van der Waals surface area contributed by atoms with E-state index < -0.39 is 0 Å². The monoisotopic (exact) mass is 314 g/mol.